The van der Waals surface area contributed by atoms with Crippen molar-refractivity contribution >= 4 is 17.2 Å². The standard InChI is InChI=1S/C22H32N2O2S/c1-7-8-24(22(25)9-15(2)3)12-19-14-27-21(23-19)13-26-20-11-16(4)10-17(5)18(20)6/h10-11,14-15H,7-9,12-13H2,1-6H3. The van der Waals surface area contributed by atoms with Crippen LogP contribution in [0.1, 0.15) is 61.0 Å². The monoisotopic (exact) mass is 388 g/mol. The molecule has 2 rings (SSSR count). The van der Waals surface area contributed by atoms with Crippen LogP contribution < -0.4 is 4.74 Å². The summed E-state index contributed by atoms with van der Waals surface area (Å²) in [4.78, 5) is 19.1. The van der Waals surface area contributed by atoms with Gasteiger partial charge in [0, 0.05) is 18.3 Å². The van der Waals surface area contributed by atoms with Crippen molar-refractivity contribution in [3.63, 3.8) is 0 Å². The first kappa shape index (κ1) is 21.4. The first-order chi connectivity index (χ1) is 12.8. The molecular weight excluding hydrogens is 356 g/mol. The molecule has 2 aromatic rings. The molecule has 0 aliphatic rings. The Balaban J connectivity index is 2.00. The van der Waals surface area contributed by atoms with Crippen molar-refractivity contribution in [3.8, 4) is 5.75 Å². The zero-order valence-electron chi connectivity index (χ0n) is 17.5. The van der Waals surface area contributed by atoms with E-state index >= 15 is 0 Å². The molecule has 0 saturated carbocycles. The normalized spacial score (nSPS) is 11.1. The number of thiazole rings is 1. The van der Waals surface area contributed by atoms with E-state index in [0.29, 0.717) is 25.5 Å². The minimum absolute atomic E-state index is 0.212. The largest absolute Gasteiger partial charge is 0.486 e. The lowest BCUT2D eigenvalue weighted by Gasteiger charge is -2.22. The van der Waals surface area contributed by atoms with Gasteiger partial charge in [0.1, 0.15) is 17.4 Å². The quantitative estimate of drug-likeness (QED) is 0.575. The molecule has 0 unspecified atom stereocenters. The summed E-state index contributed by atoms with van der Waals surface area (Å²) in [6.45, 7) is 14.3. The van der Waals surface area contributed by atoms with Gasteiger partial charge in [0.2, 0.25) is 5.91 Å². The molecule has 0 saturated heterocycles. The van der Waals surface area contributed by atoms with Crippen molar-refractivity contribution in [2.75, 3.05) is 6.54 Å². The lowest BCUT2D eigenvalue weighted by atomic mass is 10.1. The average molecular weight is 389 g/mol. The van der Waals surface area contributed by atoms with Gasteiger partial charge in [-0.2, -0.15) is 0 Å². The van der Waals surface area contributed by atoms with Gasteiger partial charge in [0.25, 0.3) is 0 Å². The number of carbonyl (C=O) groups excluding carboxylic acids is 1. The van der Waals surface area contributed by atoms with Crippen molar-refractivity contribution in [2.45, 2.75) is 67.5 Å². The molecule has 148 valence electrons. The smallest absolute Gasteiger partial charge is 0.223 e. The summed E-state index contributed by atoms with van der Waals surface area (Å²) in [5.74, 6) is 1.50. The molecule has 0 bridgehead atoms. The lowest BCUT2D eigenvalue weighted by Crippen LogP contribution is -2.32. The first-order valence-corrected chi connectivity index (χ1v) is 10.6. The molecule has 0 spiro atoms. The minimum Gasteiger partial charge on any atom is -0.486 e. The van der Waals surface area contributed by atoms with E-state index in [2.05, 4.69) is 58.7 Å². The molecule has 27 heavy (non-hydrogen) atoms. The number of aromatic nitrogens is 1. The number of ether oxygens (including phenoxy) is 1. The van der Waals surface area contributed by atoms with E-state index < -0.39 is 0 Å². The molecule has 4 nitrogen and oxygen atoms in total. The van der Waals surface area contributed by atoms with Crippen LogP contribution in [0.15, 0.2) is 17.5 Å². The number of nitrogens with zero attached hydrogens (tertiary/aromatic N) is 2. The van der Waals surface area contributed by atoms with Crippen LogP contribution in [0, 0.1) is 26.7 Å². The van der Waals surface area contributed by atoms with Crippen LogP contribution in [0.2, 0.25) is 0 Å². The predicted molar refractivity (Wildman–Crippen MR) is 112 cm³/mol. The minimum atomic E-state index is 0.212. The molecule has 1 amide bonds. The van der Waals surface area contributed by atoms with Gasteiger partial charge in [0.05, 0.1) is 12.2 Å². The van der Waals surface area contributed by atoms with Crippen LogP contribution in [-0.2, 0) is 17.9 Å². The Labute approximate surface area is 167 Å². The second-order valence-corrected chi connectivity index (χ2v) is 8.58. The van der Waals surface area contributed by atoms with Gasteiger partial charge < -0.3 is 9.64 Å². The summed E-state index contributed by atoms with van der Waals surface area (Å²) in [5.41, 5.74) is 4.56. The Hall–Kier alpha value is -1.88. The maximum Gasteiger partial charge on any atom is 0.223 e. The Morgan fingerprint density at radius 2 is 2.00 bits per heavy atom. The van der Waals surface area contributed by atoms with Gasteiger partial charge in [-0.15, -0.1) is 11.3 Å². The predicted octanol–water partition coefficient (Wildman–Crippen LogP) is 5.43. The van der Waals surface area contributed by atoms with Gasteiger partial charge >= 0.3 is 0 Å². The van der Waals surface area contributed by atoms with E-state index in [1.165, 1.54) is 16.7 Å². The van der Waals surface area contributed by atoms with Crippen molar-refractivity contribution in [1.82, 2.24) is 9.88 Å². The molecule has 0 aliphatic carbocycles. The van der Waals surface area contributed by atoms with Gasteiger partial charge in [-0.25, -0.2) is 4.98 Å². The molecule has 0 aliphatic heterocycles. The van der Waals surface area contributed by atoms with E-state index in [-0.39, 0.29) is 5.91 Å². The molecule has 1 aromatic carbocycles. The van der Waals surface area contributed by atoms with Gasteiger partial charge in [-0.1, -0.05) is 26.8 Å². The van der Waals surface area contributed by atoms with E-state index in [1.54, 1.807) is 11.3 Å². The zero-order valence-corrected chi connectivity index (χ0v) is 18.3. The van der Waals surface area contributed by atoms with Crippen molar-refractivity contribution in [2.24, 2.45) is 5.92 Å². The molecule has 0 atom stereocenters. The maximum atomic E-state index is 12.4. The van der Waals surface area contributed by atoms with Crippen LogP contribution in [-0.4, -0.2) is 22.3 Å². The van der Waals surface area contributed by atoms with Crippen LogP contribution in [0.4, 0.5) is 0 Å². The molecule has 0 radical (unpaired) electrons. The summed E-state index contributed by atoms with van der Waals surface area (Å²) in [6, 6.07) is 4.24. The Morgan fingerprint density at radius 3 is 2.67 bits per heavy atom. The summed E-state index contributed by atoms with van der Waals surface area (Å²) in [7, 11) is 0. The van der Waals surface area contributed by atoms with Crippen LogP contribution in [0.3, 0.4) is 0 Å². The zero-order chi connectivity index (χ0) is 20.0. The van der Waals surface area contributed by atoms with Crippen LogP contribution in [0.25, 0.3) is 0 Å². The fourth-order valence-corrected chi connectivity index (χ4v) is 3.71. The molecule has 0 fully saturated rings. The third-order valence-electron chi connectivity index (χ3n) is 4.50. The fourth-order valence-electron chi connectivity index (χ4n) is 3.01. The molecular formula is C22H32N2O2S. The third-order valence-corrected chi connectivity index (χ3v) is 5.37. The van der Waals surface area contributed by atoms with Gasteiger partial charge in [0.15, 0.2) is 0 Å². The number of aryl methyl sites for hydroxylation is 2. The van der Waals surface area contributed by atoms with Crippen molar-refractivity contribution in [1.29, 1.82) is 0 Å². The maximum absolute atomic E-state index is 12.4. The SMILES string of the molecule is CCCN(Cc1csc(COc2cc(C)cc(C)c2C)n1)C(=O)CC(C)C. The van der Waals surface area contributed by atoms with E-state index in [1.807, 2.05) is 10.3 Å². The Kier molecular flexibility index (Phi) is 7.84. The average Bonchev–Trinajstić information content (AvgIpc) is 3.03. The summed E-state index contributed by atoms with van der Waals surface area (Å²) in [6.07, 6.45) is 1.54. The highest BCUT2D eigenvalue weighted by atomic mass is 32.1. The number of benzene rings is 1. The number of rotatable bonds is 9. The number of carbonyl (C=O) groups is 1. The number of hydrogen-bond acceptors (Lipinski definition) is 4. The molecule has 5 heteroatoms. The highest BCUT2D eigenvalue weighted by molar-refractivity contribution is 7.09. The number of amides is 1. The second kappa shape index (κ2) is 9.88. The number of hydrogen-bond donors (Lipinski definition) is 0. The van der Waals surface area contributed by atoms with Crippen molar-refractivity contribution < 1.29 is 9.53 Å². The summed E-state index contributed by atoms with van der Waals surface area (Å²) >= 11 is 1.59. The molecule has 0 N–H and O–H groups in total. The van der Waals surface area contributed by atoms with Gasteiger partial charge in [-0.05, 0) is 55.9 Å². The highest BCUT2D eigenvalue weighted by Crippen LogP contribution is 2.25. The van der Waals surface area contributed by atoms with E-state index in [4.69, 9.17) is 4.74 Å². The molecule has 1 heterocycles. The highest BCUT2D eigenvalue weighted by Gasteiger charge is 2.16. The lowest BCUT2D eigenvalue weighted by molar-refractivity contribution is -0.132. The van der Waals surface area contributed by atoms with Crippen LogP contribution >= 0.6 is 11.3 Å². The molecule has 1 aromatic heterocycles. The topological polar surface area (TPSA) is 42.4 Å². The summed E-state index contributed by atoms with van der Waals surface area (Å²) < 4.78 is 6.02. The Bertz CT molecular complexity index is 768. The first-order valence-electron chi connectivity index (χ1n) is 9.71. The second-order valence-electron chi connectivity index (χ2n) is 7.64. The van der Waals surface area contributed by atoms with Crippen molar-refractivity contribution in [3.05, 3.63) is 44.9 Å². The van der Waals surface area contributed by atoms with E-state index in [9.17, 15) is 4.79 Å². The summed E-state index contributed by atoms with van der Waals surface area (Å²) in [5, 5.41) is 2.98. The Morgan fingerprint density at radius 1 is 1.26 bits per heavy atom. The fraction of sp³-hybridized carbons (Fsp3) is 0.545. The van der Waals surface area contributed by atoms with Gasteiger partial charge in [-0.3, -0.25) is 4.79 Å². The van der Waals surface area contributed by atoms with E-state index in [0.717, 1.165) is 29.4 Å². The third kappa shape index (κ3) is 6.35. The van der Waals surface area contributed by atoms with Crippen LogP contribution in [0.5, 0.6) is 5.75 Å².